The quantitative estimate of drug-likeness (QED) is 0.237. The third-order valence-corrected chi connectivity index (χ3v) is 7.01. The van der Waals surface area contributed by atoms with E-state index in [-0.39, 0.29) is 11.5 Å². The number of fused-ring (bicyclic) bond motifs is 1. The van der Waals surface area contributed by atoms with Crippen molar-refractivity contribution in [1.82, 2.24) is 15.0 Å². The van der Waals surface area contributed by atoms with Gasteiger partial charge < -0.3 is 4.74 Å². The number of ether oxygens (including phenoxy) is 1. The standard InChI is InChI=1S/C29H35N3OS/c1-6-26-30-23(19-34-26)18-29(4,5)16-10-12-21-11-9-13-22(17-21)27-28(33-20(2)3)32-25-15-8-7-14-24(25)31-27/h7-9,11,13-15,17,19-20H,6,10,12,16,18H2,1-5H3. The van der Waals surface area contributed by atoms with Gasteiger partial charge in [0, 0.05) is 10.9 Å². The predicted molar refractivity (Wildman–Crippen MR) is 143 cm³/mol. The zero-order chi connectivity index (χ0) is 24.1. The third kappa shape index (κ3) is 6.20. The van der Waals surface area contributed by atoms with Crippen molar-refractivity contribution < 1.29 is 4.74 Å². The number of nitrogens with zero attached hydrogens (tertiary/aromatic N) is 3. The van der Waals surface area contributed by atoms with Gasteiger partial charge in [0.2, 0.25) is 5.88 Å². The second-order valence-electron chi connectivity index (χ2n) is 10.0. The number of rotatable bonds is 10. The van der Waals surface area contributed by atoms with Gasteiger partial charge in [0.05, 0.1) is 27.8 Å². The summed E-state index contributed by atoms with van der Waals surface area (Å²) in [4.78, 5) is 14.5. The molecule has 0 aliphatic rings. The van der Waals surface area contributed by atoms with E-state index in [1.165, 1.54) is 16.3 Å². The Hall–Kier alpha value is -2.79. The average molecular weight is 474 g/mol. The first-order valence-corrected chi connectivity index (χ1v) is 13.2. The summed E-state index contributed by atoms with van der Waals surface area (Å²) < 4.78 is 6.06. The SMILES string of the molecule is CCc1nc(CC(C)(C)CCCc2cccc(-c3nc4ccccc4nc3OC(C)C)c2)cs1. The number of aryl methyl sites for hydroxylation is 2. The van der Waals surface area contributed by atoms with Crippen LogP contribution in [0.3, 0.4) is 0 Å². The van der Waals surface area contributed by atoms with Crippen LogP contribution >= 0.6 is 11.3 Å². The van der Waals surface area contributed by atoms with Crippen LogP contribution in [0.1, 0.15) is 63.7 Å². The summed E-state index contributed by atoms with van der Waals surface area (Å²) in [7, 11) is 0. The first-order valence-electron chi connectivity index (χ1n) is 12.3. The van der Waals surface area contributed by atoms with Crippen molar-refractivity contribution in [3.63, 3.8) is 0 Å². The molecule has 0 spiro atoms. The monoisotopic (exact) mass is 473 g/mol. The number of hydrogen-bond acceptors (Lipinski definition) is 5. The Morgan fingerprint density at radius 2 is 1.74 bits per heavy atom. The van der Waals surface area contributed by atoms with Crippen molar-refractivity contribution in [2.45, 2.75) is 72.8 Å². The second-order valence-corrected chi connectivity index (χ2v) is 11.0. The van der Waals surface area contributed by atoms with Crippen LogP contribution in [-0.4, -0.2) is 21.1 Å². The second kappa shape index (κ2) is 10.6. The van der Waals surface area contributed by atoms with E-state index in [1.54, 1.807) is 11.3 Å². The van der Waals surface area contributed by atoms with Crippen LogP contribution in [0.5, 0.6) is 5.88 Å². The Morgan fingerprint density at radius 1 is 0.971 bits per heavy atom. The highest BCUT2D eigenvalue weighted by Gasteiger charge is 2.20. The van der Waals surface area contributed by atoms with Crippen molar-refractivity contribution in [3.05, 3.63) is 70.2 Å². The molecule has 2 heterocycles. The molecule has 0 saturated heterocycles. The highest BCUT2D eigenvalue weighted by atomic mass is 32.1. The molecule has 0 aliphatic carbocycles. The fourth-order valence-corrected chi connectivity index (χ4v) is 5.04. The van der Waals surface area contributed by atoms with Crippen LogP contribution in [0.4, 0.5) is 0 Å². The van der Waals surface area contributed by atoms with E-state index in [1.807, 2.05) is 38.1 Å². The molecule has 0 aliphatic heterocycles. The van der Waals surface area contributed by atoms with Crippen LogP contribution < -0.4 is 4.74 Å². The van der Waals surface area contributed by atoms with Crippen LogP contribution in [0, 0.1) is 5.41 Å². The van der Waals surface area contributed by atoms with Gasteiger partial charge in [-0.05, 0) is 75.1 Å². The molecule has 0 radical (unpaired) electrons. The lowest BCUT2D eigenvalue weighted by Gasteiger charge is -2.23. The molecule has 0 N–H and O–H groups in total. The highest BCUT2D eigenvalue weighted by molar-refractivity contribution is 7.09. The molecule has 2 aromatic carbocycles. The van der Waals surface area contributed by atoms with Crippen molar-refractivity contribution >= 4 is 22.4 Å². The Bertz CT molecular complexity index is 1250. The molecular formula is C29H35N3OS. The number of benzene rings is 2. The zero-order valence-electron chi connectivity index (χ0n) is 21.0. The molecule has 0 saturated carbocycles. The number of hydrogen-bond donors (Lipinski definition) is 0. The Balaban J connectivity index is 1.48. The molecular weight excluding hydrogens is 438 g/mol. The van der Waals surface area contributed by atoms with E-state index in [2.05, 4.69) is 50.4 Å². The minimum atomic E-state index is 0.0331. The molecule has 2 aromatic heterocycles. The van der Waals surface area contributed by atoms with Crippen molar-refractivity contribution in [2.24, 2.45) is 5.41 Å². The molecule has 4 aromatic rings. The maximum Gasteiger partial charge on any atom is 0.241 e. The first kappa shape index (κ1) is 24.3. The smallest absolute Gasteiger partial charge is 0.241 e. The molecule has 0 atom stereocenters. The molecule has 0 unspecified atom stereocenters. The zero-order valence-corrected chi connectivity index (χ0v) is 21.8. The van der Waals surface area contributed by atoms with Crippen LogP contribution in [-0.2, 0) is 19.3 Å². The van der Waals surface area contributed by atoms with Gasteiger partial charge >= 0.3 is 0 Å². The van der Waals surface area contributed by atoms with Crippen molar-refractivity contribution in [2.75, 3.05) is 0 Å². The van der Waals surface area contributed by atoms with Crippen LogP contribution in [0.25, 0.3) is 22.3 Å². The van der Waals surface area contributed by atoms with Gasteiger partial charge in [-0.3, -0.25) is 0 Å². The van der Waals surface area contributed by atoms with Gasteiger partial charge in [-0.25, -0.2) is 15.0 Å². The summed E-state index contributed by atoms with van der Waals surface area (Å²) in [5, 5.41) is 3.46. The third-order valence-electron chi connectivity index (χ3n) is 5.97. The van der Waals surface area contributed by atoms with Gasteiger partial charge in [-0.15, -0.1) is 11.3 Å². The molecule has 4 rings (SSSR count). The number of aromatic nitrogens is 3. The minimum Gasteiger partial charge on any atom is -0.473 e. The summed E-state index contributed by atoms with van der Waals surface area (Å²) >= 11 is 1.78. The lowest BCUT2D eigenvalue weighted by atomic mass is 9.82. The molecule has 34 heavy (non-hydrogen) atoms. The molecule has 0 amide bonds. The van der Waals surface area contributed by atoms with E-state index in [9.17, 15) is 0 Å². The summed E-state index contributed by atoms with van der Waals surface area (Å²) in [6.45, 7) is 10.9. The topological polar surface area (TPSA) is 47.9 Å². The molecule has 4 nitrogen and oxygen atoms in total. The maximum atomic E-state index is 6.06. The van der Waals surface area contributed by atoms with Gasteiger partial charge in [-0.2, -0.15) is 0 Å². The molecule has 0 bridgehead atoms. The Kier molecular flexibility index (Phi) is 7.62. The minimum absolute atomic E-state index is 0.0331. The Labute approximate surface area is 207 Å². The fourth-order valence-electron chi connectivity index (χ4n) is 4.29. The van der Waals surface area contributed by atoms with Gasteiger partial charge in [0.15, 0.2) is 0 Å². The van der Waals surface area contributed by atoms with E-state index in [0.717, 1.165) is 54.4 Å². The molecule has 0 fully saturated rings. The van der Waals surface area contributed by atoms with E-state index >= 15 is 0 Å². The largest absolute Gasteiger partial charge is 0.473 e. The number of para-hydroxylation sites is 2. The van der Waals surface area contributed by atoms with E-state index < -0.39 is 0 Å². The predicted octanol–water partition coefficient (Wildman–Crippen LogP) is 7.69. The lowest BCUT2D eigenvalue weighted by molar-refractivity contribution is 0.234. The van der Waals surface area contributed by atoms with Gasteiger partial charge in [-0.1, -0.05) is 51.1 Å². The van der Waals surface area contributed by atoms with E-state index in [0.29, 0.717) is 5.88 Å². The maximum absolute atomic E-state index is 6.06. The summed E-state index contributed by atoms with van der Waals surface area (Å²) in [5.41, 5.74) is 6.39. The van der Waals surface area contributed by atoms with Gasteiger partial charge in [0.1, 0.15) is 5.69 Å². The highest BCUT2D eigenvalue weighted by Crippen LogP contribution is 2.32. The van der Waals surface area contributed by atoms with Gasteiger partial charge in [0.25, 0.3) is 0 Å². The normalized spacial score (nSPS) is 11.9. The van der Waals surface area contributed by atoms with Crippen LogP contribution in [0.15, 0.2) is 53.9 Å². The van der Waals surface area contributed by atoms with Crippen LogP contribution in [0.2, 0.25) is 0 Å². The Morgan fingerprint density at radius 3 is 2.44 bits per heavy atom. The summed E-state index contributed by atoms with van der Waals surface area (Å²) in [5.74, 6) is 0.599. The molecule has 5 heteroatoms. The average Bonchev–Trinajstić information content (AvgIpc) is 3.25. The molecule has 178 valence electrons. The number of thiazole rings is 1. The first-order chi connectivity index (χ1) is 16.3. The van der Waals surface area contributed by atoms with E-state index in [4.69, 9.17) is 19.7 Å². The van der Waals surface area contributed by atoms with Crippen molar-refractivity contribution in [3.8, 4) is 17.1 Å². The summed E-state index contributed by atoms with van der Waals surface area (Å²) in [6, 6.07) is 16.6. The fraction of sp³-hybridized carbons (Fsp3) is 0.414. The lowest BCUT2D eigenvalue weighted by Crippen LogP contribution is -2.15. The van der Waals surface area contributed by atoms with Crippen molar-refractivity contribution in [1.29, 1.82) is 0 Å². The summed E-state index contributed by atoms with van der Waals surface area (Å²) in [6.07, 6.45) is 5.42.